The molecule has 0 N–H and O–H groups in total. The minimum Gasteiger partial charge on any atom is -0.493 e. The van der Waals surface area contributed by atoms with Crippen LogP contribution in [0.1, 0.15) is 30.8 Å². The summed E-state index contributed by atoms with van der Waals surface area (Å²) in [4.78, 5) is 18.1. The lowest BCUT2D eigenvalue weighted by atomic mass is 10.0. The van der Waals surface area contributed by atoms with E-state index in [0.717, 1.165) is 28.1 Å². The van der Waals surface area contributed by atoms with Gasteiger partial charge in [-0.2, -0.15) is 0 Å². The molecule has 1 unspecified atom stereocenters. The number of imidazole rings is 1. The second-order valence-corrected chi connectivity index (χ2v) is 7.03. The fourth-order valence-corrected chi connectivity index (χ4v) is 3.43. The Bertz CT molecular complexity index is 1080. The number of rotatable bonds is 3. The van der Waals surface area contributed by atoms with Gasteiger partial charge in [-0.1, -0.05) is 0 Å². The van der Waals surface area contributed by atoms with Crippen molar-refractivity contribution in [3.63, 3.8) is 0 Å². The van der Waals surface area contributed by atoms with E-state index < -0.39 is 0 Å². The minimum absolute atomic E-state index is 0.0731. The van der Waals surface area contributed by atoms with Gasteiger partial charge in [-0.05, 0) is 25.1 Å². The zero-order valence-corrected chi connectivity index (χ0v) is 16.3. The maximum Gasteiger partial charge on any atom is 0.223 e. The summed E-state index contributed by atoms with van der Waals surface area (Å²) < 4.78 is 27.5. The van der Waals surface area contributed by atoms with Crippen LogP contribution in [0.25, 0.3) is 11.0 Å². The van der Waals surface area contributed by atoms with Gasteiger partial charge >= 0.3 is 0 Å². The van der Waals surface area contributed by atoms with E-state index in [1.807, 2.05) is 30.7 Å². The van der Waals surface area contributed by atoms with E-state index in [2.05, 4.69) is 4.98 Å². The van der Waals surface area contributed by atoms with Gasteiger partial charge in [0, 0.05) is 50.8 Å². The Morgan fingerprint density at radius 1 is 1.36 bits per heavy atom. The molecule has 1 aliphatic rings. The molecule has 146 valence electrons. The minimum atomic E-state index is -0.341. The summed E-state index contributed by atoms with van der Waals surface area (Å²) in [6, 6.07) is 8.24. The third-order valence-corrected chi connectivity index (χ3v) is 5.25. The van der Waals surface area contributed by atoms with Crippen molar-refractivity contribution in [2.24, 2.45) is 7.05 Å². The number of hydrogen-bond donors (Lipinski definition) is 0. The van der Waals surface area contributed by atoms with E-state index in [0.29, 0.717) is 24.5 Å². The van der Waals surface area contributed by atoms with Crippen LogP contribution in [-0.2, 0) is 11.8 Å². The largest absolute Gasteiger partial charge is 0.493 e. The van der Waals surface area contributed by atoms with Crippen LogP contribution in [0.5, 0.6) is 11.5 Å². The van der Waals surface area contributed by atoms with Gasteiger partial charge in [-0.3, -0.25) is 4.79 Å². The topological polar surface area (TPSA) is 56.6 Å². The molecule has 0 fully saturated rings. The first kappa shape index (κ1) is 18.3. The predicted molar refractivity (Wildman–Crippen MR) is 104 cm³/mol. The highest BCUT2D eigenvalue weighted by Crippen LogP contribution is 2.39. The summed E-state index contributed by atoms with van der Waals surface area (Å²) >= 11 is 0. The molecule has 0 spiro atoms. The first-order valence-electron chi connectivity index (χ1n) is 9.15. The van der Waals surface area contributed by atoms with Gasteiger partial charge in [0.15, 0.2) is 0 Å². The summed E-state index contributed by atoms with van der Waals surface area (Å²) in [5, 5.41) is 0. The molecule has 1 amide bonds. The van der Waals surface area contributed by atoms with Crippen molar-refractivity contribution < 1.29 is 18.7 Å². The fourth-order valence-electron chi connectivity index (χ4n) is 3.43. The second-order valence-electron chi connectivity index (χ2n) is 7.03. The number of amides is 1. The van der Waals surface area contributed by atoms with Crippen molar-refractivity contribution in [3.8, 4) is 11.5 Å². The Balaban J connectivity index is 1.81. The number of hydrogen-bond acceptors (Lipinski definition) is 4. The summed E-state index contributed by atoms with van der Waals surface area (Å²) in [5.41, 5.74) is 3.14. The van der Waals surface area contributed by atoms with Crippen molar-refractivity contribution in [1.29, 1.82) is 0 Å². The van der Waals surface area contributed by atoms with E-state index in [4.69, 9.17) is 9.47 Å². The highest BCUT2D eigenvalue weighted by Gasteiger charge is 2.25. The standard InChI is InChI=1S/C21H22FN3O3/c1-12-23-21-17(24(12)3)10-15(25(4)13(2)26)11-20(21)28-18-7-8-27-19-9-14(22)5-6-16(18)19/h5-6,9-11,18H,7-8H2,1-4H3. The zero-order valence-electron chi connectivity index (χ0n) is 16.3. The van der Waals surface area contributed by atoms with Gasteiger partial charge in [0.25, 0.3) is 0 Å². The molecule has 0 bridgehead atoms. The molecule has 1 aromatic heterocycles. The maximum atomic E-state index is 13.6. The molecule has 0 saturated carbocycles. The van der Waals surface area contributed by atoms with E-state index in [1.165, 1.54) is 19.1 Å². The number of anilines is 1. The van der Waals surface area contributed by atoms with Crippen molar-refractivity contribution in [3.05, 3.63) is 47.5 Å². The van der Waals surface area contributed by atoms with Crippen molar-refractivity contribution in [2.45, 2.75) is 26.4 Å². The van der Waals surface area contributed by atoms with Crippen LogP contribution in [0.3, 0.4) is 0 Å². The van der Waals surface area contributed by atoms with Crippen LogP contribution >= 0.6 is 0 Å². The monoisotopic (exact) mass is 383 g/mol. The second kappa shape index (κ2) is 6.82. The number of ether oxygens (including phenoxy) is 2. The molecule has 28 heavy (non-hydrogen) atoms. The van der Waals surface area contributed by atoms with Crippen LogP contribution in [-0.4, -0.2) is 29.1 Å². The number of carbonyl (C=O) groups excluding carboxylic acids is 1. The Kier molecular flexibility index (Phi) is 4.45. The van der Waals surface area contributed by atoms with Gasteiger partial charge in [0.05, 0.1) is 12.1 Å². The number of halogens is 1. The lowest BCUT2D eigenvalue weighted by molar-refractivity contribution is -0.116. The molecule has 0 aliphatic carbocycles. The van der Waals surface area contributed by atoms with Gasteiger partial charge in [-0.25, -0.2) is 9.37 Å². The highest BCUT2D eigenvalue weighted by atomic mass is 19.1. The Hall–Kier alpha value is -3.09. The molecular formula is C21H22FN3O3. The van der Waals surface area contributed by atoms with Crippen LogP contribution in [0.15, 0.2) is 30.3 Å². The molecule has 7 heteroatoms. The normalized spacial score (nSPS) is 15.8. The molecule has 0 radical (unpaired) electrons. The zero-order chi connectivity index (χ0) is 20.0. The molecule has 4 rings (SSSR count). The SMILES string of the molecule is CC(=O)N(C)c1cc(OC2CCOc3cc(F)ccc32)c2nc(C)n(C)c2c1. The number of fused-ring (bicyclic) bond motifs is 2. The highest BCUT2D eigenvalue weighted by molar-refractivity contribution is 5.95. The smallest absolute Gasteiger partial charge is 0.223 e. The Labute approximate surface area is 162 Å². The van der Waals surface area contributed by atoms with Gasteiger partial charge in [0.2, 0.25) is 5.91 Å². The van der Waals surface area contributed by atoms with Gasteiger partial charge < -0.3 is 18.9 Å². The van der Waals surface area contributed by atoms with E-state index in [1.54, 1.807) is 18.0 Å². The van der Waals surface area contributed by atoms with E-state index in [9.17, 15) is 9.18 Å². The van der Waals surface area contributed by atoms with Gasteiger partial charge in [-0.15, -0.1) is 0 Å². The van der Waals surface area contributed by atoms with Crippen LogP contribution in [0.2, 0.25) is 0 Å². The van der Waals surface area contributed by atoms with Crippen LogP contribution in [0.4, 0.5) is 10.1 Å². The number of aryl methyl sites for hydroxylation is 2. The van der Waals surface area contributed by atoms with Crippen molar-refractivity contribution in [1.82, 2.24) is 9.55 Å². The third-order valence-electron chi connectivity index (χ3n) is 5.25. The van der Waals surface area contributed by atoms with Crippen molar-refractivity contribution >= 4 is 22.6 Å². The summed E-state index contributed by atoms with van der Waals surface area (Å²) in [6.45, 7) is 3.88. The Morgan fingerprint density at radius 3 is 2.89 bits per heavy atom. The third kappa shape index (κ3) is 3.06. The number of carbonyl (C=O) groups is 1. The van der Waals surface area contributed by atoms with Crippen LogP contribution < -0.4 is 14.4 Å². The fraction of sp³-hybridized carbons (Fsp3) is 0.333. The molecule has 1 aliphatic heterocycles. The molecule has 2 heterocycles. The Morgan fingerprint density at radius 2 is 2.14 bits per heavy atom. The summed E-state index contributed by atoms with van der Waals surface area (Å²) in [7, 11) is 3.65. The molecule has 6 nitrogen and oxygen atoms in total. The van der Waals surface area contributed by atoms with E-state index in [-0.39, 0.29) is 17.8 Å². The molecular weight excluding hydrogens is 361 g/mol. The predicted octanol–water partition coefficient (Wildman–Crippen LogP) is 3.91. The maximum absolute atomic E-state index is 13.6. The average Bonchev–Trinajstić information content (AvgIpc) is 2.95. The number of benzene rings is 2. The summed E-state index contributed by atoms with van der Waals surface area (Å²) in [6.07, 6.45) is 0.353. The number of aromatic nitrogens is 2. The van der Waals surface area contributed by atoms with Gasteiger partial charge in [0.1, 0.15) is 34.8 Å². The average molecular weight is 383 g/mol. The summed E-state index contributed by atoms with van der Waals surface area (Å²) in [5.74, 6) is 1.52. The first-order chi connectivity index (χ1) is 13.3. The van der Waals surface area contributed by atoms with Crippen LogP contribution in [0, 0.1) is 12.7 Å². The quantitative estimate of drug-likeness (QED) is 0.688. The first-order valence-corrected chi connectivity index (χ1v) is 9.15. The molecule has 1 atom stereocenters. The van der Waals surface area contributed by atoms with E-state index >= 15 is 0 Å². The molecule has 0 saturated heterocycles. The molecule has 2 aromatic carbocycles. The number of nitrogens with zero attached hydrogens (tertiary/aromatic N) is 3. The van der Waals surface area contributed by atoms with Crippen molar-refractivity contribution in [2.75, 3.05) is 18.6 Å². The molecule has 3 aromatic rings. The lowest BCUT2D eigenvalue weighted by Crippen LogP contribution is -2.23. The lowest BCUT2D eigenvalue weighted by Gasteiger charge is -2.27.